The predicted molar refractivity (Wildman–Crippen MR) is 293 cm³/mol. The van der Waals surface area contributed by atoms with Gasteiger partial charge in [0, 0.05) is 34.1 Å². The summed E-state index contributed by atoms with van der Waals surface area (Å²) >= 11 is 0. The molecule has 15 rings (SSSR count). The fourth-order valence-electron chi connectivity index (χ4n) is 12.8. The molecule has 3 nitrogen and oxygen atoms in total. The van der Waals surface area contributed by atoms with Gasteiger partial charge in [-0.2, -0.15) is 0 Å². The zero-order valence-electron chi connectivity index (χ0n) is 39.2. The number of fused-ring (bicyclic) bond motifs is 18. The van der Waals surface area contributed by atoms with Gasteiger partial charge in [-0.25, -0.2) is 4.98 Å². The summed E-state index contributed by atoms with van der Waals surface area (Å²) in [6.07, 6.45) is 3.86. The summed E-state index contributed by atoms with van der Waals surface area (Å²) in [6, 6.07) is 83.7. The highest BCUT2D eigenvalue weighted by atomic mass is 15.1. The summed E-state index contributed by atoms with van der Waals surface area (Å²) < 4.78 is 4.76. The molecule has 332 valence electrons. The third kappa shape index (κ3) is 5.58. The molecule has 10 aromatic carbocycles. The molecule has 0 N–H and O–H groups in total. The number of hydrogen-bond acceptors (Lipinski definition) is 1. The number of allylic oxidation sites excluding steroid dienone is 1. The van der Waals surface area contributed by atoms with Crippen molar-refractivity contribution < 1.29 is 0 Å². The maximum absolute atomic E-state index is 5.01. The molecule has 2 heterocycles. The quantitative estimate of drug-likeness (QED) is 0.158. The number of benzene rings is 10. The van der Waals surface area contributed by atoms with E-state index in [1.54, 1.807) is 0 Å². The third-order valence-corrected chi connectivity index (χ3v) is 15.7. The van der Waals surface area contributed by atoms with Crippen molar-refractivity contribution in [3.63, 3.8) is 0 Å². The molecule has 0 radical (unpaired) electrons. The number of rotatable bonds is 5. The van der Waals surface area contributed by atoms with E-state index in [0.717, 1.165) is 63.3 Å². The van der Waals surface area contributed by atoms with E-state index >= 15 is 0 Å². The minimum atomic E-state index is -0.456. The second-order valence-electron chi connectivity index (χ2n) is 19.3. The van der Waals surface area contributed by atoms with Crippen LogP contribution in [-0.2, 0) is 18.3 Å². The largest absolute Gasteiger partial charge is 0.309 e. The predicted octanol–water partition coefficient (Wildman–Crippen LogP) is 16.5. The second kappa shape index (κ2) is 15.2. The Bertz CT molecular complexity index is 4180. The first-order chi connectivity index (χ1) is 35.2. The van der Waals surface area contributed by atoms with Crippen LogP contribution in [0.15, 0.2) is 236 Å². The van der Waals surface area contributed by atoms with E-state index < -0.39 is 5.41 Å². The van der Waals surface area contributed by atoms with Crippen molar-refractivity contribution in [2.24, 2.45) is 0 Å². The van der Waals surface area contributed by atoms with Gasteiger partial charge in [-0.3, -0.25) is 4.57 Å². The fourth-order valence-corrected chi connectivity index (χ4v) is 12.8. The van der Waals surface area contributed by atoms with E-state index in [2.05, 4.69) is 252 Å². The maximum Gasteiger partial charge on any atom is 0.114 e. The number of para-hydroxylation sites is 4. The molecule has 1 spiro atoms. The Kier molecular flexibility index (Phi) is 8.57. The van der Waals surface area contributed by atoms with Gasteiger partial charge in [-0.05, 0) is 151 Å². The van der Waals surface area contributed by atoms with Gasteiger partial charge in [0.15, 0.2) is 0 Å². The van der Waals surface area contributed by atoms with Crippen LogP contribution in [0.5, 0.6) is 0 Å². The smallest absolute Gasteiger partial charge is 0.114 e. The Labute approximate surface area is 412 Å². The number of aromatic nitrogens is 3. The van der Waals surface area contributed by atoms with Crippen molar-refractivity contribution in [1.82, 2.24) is 14.1 Å². The molecule has 3 aliphatic carbocycles. The lowest BCUT2D eigenvalue weighted by atomic mass is 9.70. The van der Waals surface area contributed by atoms with E-state index in [1.807, 2.05) is 0 Å². The summed E-state index contributed by atoms with van der Waals surface area (Å²) in [5, 5.41) is 2.48. The zero-order chi connectivity index (χ0) is 46.8. The highest BCUT2D eigenvalue weighted by Crippen LogP contribution is 2.65. The van der Waals surface area contributed by atoms with Gasteiger partial charge < -0.3 is 4.57 Å². The van der Waals surface area contributed by atoms with Crippen LogP contribution in [0.3, 0.4) is 0 Å². The molecule has 0 amide bonds. The minimum Gasteiger partial charge on any atom is -0.309 e. The summed E-state index contributed by atoms with van der Waals surface area (Å²) in [6.45, 7) is 2.18. The Balaban J connectivity index is 0.998. The summed E-state index contributed by atoms with van der Waals surface area (Å²) in [5.74, 6) is 1.05. The summed E-state index contributed by atoms with van der Waals surface area (Å²) in [7, 11) is 0. The Hall–Kier alpha value is -9.01. The number of hydrogen-bond donors (Lipinski definition) is 0. The van der Waals surface area contributed by atoms with Crippen LogP contribution >= 0.6 is 0 Å². The average Bonchev–Trinajstić information content (AvgIpc) is 4.16. The second-order valence-corrected chi connectivity index (χ2v) is 19.3. The van der Waals surface area contributed by atoms with Gasteiger partial charge >= 0.3 is 0 Å². The molecule has 0 saturated heterocycles. The van der Waals surface area contributed by atoms with Crippen LogP contribution in [0.1, 0.15) is 51.7 Å². The molecule has 3 aliphatic rings. The maximum atomic E-state index is 5.01. The number of imidazole rings is 1. The lowest BCUT2D eigenvalue weighted by Crippen LogP contribution is -2.25. The molecule has 2 aromatic heterocycles. The molecule has 0 saturated carbocycles. The van der Waals surface area contributed by atoms with Gasteiger partial charge in [0.05, 0.1) is 27.5 Å². The fraction of sp³-hybridized carbons (Fsp3) is 0.0588. The number of nitrogens with zero attached hydrogens (tertiary/aromatic N) is 3. The van der Waals surface area contributed by atoms with Crippen molar-refractivity contribution in [3.8, 4) is 55.9 Å². The molecule has 71 heavy (non-hydrogen) atoms. The van der Waals surface area contributed by atoms with Crippen molar-refractivity contribution in [1.29, 1.82) is 0 Å². The van der Waals surface area contributed by atoms with Crippen molar-refractivity contribution in [2.75, 3.05) is 0 Å². The van der Waals surface area contributed by atoms with Crippen LogP contribution in [0.2, 0.25) is 0 Å². The molecular weight excluding hydrogens is 859 g/mol. The molecule has 0 aliphatic heterocycles. The standard InChI is InChI=1S/C68H45N3/c1-2-65-69-61-30-13-16-33-64(61)71(65)47-36-34-43(35-37-47)45-40-46(42-48(41-45)70-62-31-14-8-23-53(62)54-24-9-15-32-63(54)70)49-26-17-19-44-18-3-4-20-50(44)66-55(49)38-39-60-67(66)56-25-7-12-29-59(56)68(60)57-27-10-5-21-51(57)52-22-6-11-28-58(52)68/h3-18,20-25,27-42H,2,19H2,1H3. The van der Waals surface area contributed by atoms with Gasteiger partial charge in [0.1, 0.15) is 5.82 Å². The molecule has 0 bridgehead atoms. The minimum absolute atomic E-state index is 0.456. The lowest BCUT2D eigenvalue weighted by molar-refractivity contribution is 0.794. The third-order valence-electron chi connectivity index (χ3n) is 15.7. The van der Waals surface area contributed by atoms with Crippen LogP contribution < -0.4 is 0 Å². The van der Waals surface area contributed by atoms with Crippen molar-refractivity contribution in [2.45, 2.75) is 25.2 Å². The van der Waals surface area contributed by atoms with E-state index in [0.29, 0.717) is 0 Å². The van der Waals surface area contributed by atoms with E-state index in [1.165, 1.54) is 88.6 Å². The molecule has 0 atom stereocenters. The lowest BCUT2D eigenvalue weighted by Gasteiger charge is -2.31. The zero-order valence-corrected chi connectivity index (χ0v) is 39.2. The summed E-state index contributed by atoms with van der Waals surface area (Å²) in [5.41, 5.74) is 30.4. The summed E-state index contributed by atoms with van der Waals surface area (Å²) in [4.78, 5) is 5.01. The first-order valence-electron chi connectivity index (χ1n) is 24.9. The SMILES string of the molecule is CCc1nc2ccccc2n1-c1ccc(-c2cc(C3=C=CCc4ccccc4-c4c3ccc3c4-c4ccccc4C34c3ccccc3-c3ccccc34)cc(-n3c4ccccc4c4ccccc43)c2)cc1. The first-order valence-corrected chi connectivity index (χ1v) is 24.9. The normalized spacial score (nSPS) is 13.6. The number of aryl methyl sites for hydroxylation is 1. The molecule has 0 fully saturated rings. The average molecular weight is 904 g/mol. The van der Waals surface area contributed by atoms with Crippen LogP contribution in [0.25, 0.3) is 94.3 Å². The molecule has 0 unspecified atom stereocenters. The Morgan fingerprint density at radius 1 is 0.437 bits per heavy atom. The highest BCUT2D eigenvalue weighted by Gasteiger charge is 2.52. The topological polar surface area (TPSA) is 22.8 Å². The van der Waals surface area contributed by atoms with Gasteiger partial charge in [-0.15, -0.1) is 5.73 Å². The van der Waals surface area contributed by atoms with E-state index in [4.69, 9.17) is 4.98 Å². The van der Waals surface area contributed by atoms with Crippen molar-refractivity contribution >= 4 is 38.4 Å². The van der Waals surface area contributed by atoms with Crippen LogP contribution in [-0.4, -0.2) is 14.1 Å². The van der Waals surface area contributed by atoms with Gasteiger partial charge in [-0.1, -0.05) is 177 Å². The highest BCUT2D eigenvalue weighted by molar-refractivity contribution is 6.10. The van der Waals surface area contributed by atoms with Gasteiger partial charge in [0.2, 0.25) is 0 Å². The Morgan fingerprint density at radius 3 is 1.72 bits per heavy atom. The Morgan fingerprint density at radius 2 is 1.01 bits per heavy atom. The molecule has 12 aromatic rings. The van der Waals surface area contributed by atoms with Crippen molar-refractivity contribution in [3.05, 3.63) is 281 Å². The first kappa shape index (κ1) is 39.9. The van der Waals surface area contributed by atoms with E-state index in [-0.39, 0.29) is 0 Å². The molecule has 3 heteroatoms. The molecular formula is C68H45N3. The van der Waals surface area contributed by atoms with Gasteiger partial charge in [0.25, 0.3) is 0 Å². The van der Waals surface area contributed by atoms with E-state index in [9.17, 15) is 0 Å². The monoisotopic (exact) mass is 903 g/mol. The van der Waals surface area contributed by atoms with Crippen LogP contribution in [0.4, 0.5) is 0 Å². The van der Waals surface area contributed by atoms with Crippen LogP contribution in [0, 0.1) is 0 Å².